The van der Waals surface area contributed by atoms with Gasteiger partial charge in [-0.2, -0.15) is 0 Å². The van der Waals surface area contributed by atoms with Crippen molar-refractivity contribution < 1.29 is 4.79 Å². The number of pyridine rings is 1. The summed E-state index contributed by atoms with van der Waals surface area (Å²) >= 11 is 0. The molecule has 4 nitrogen and oxygen atoms in total. The van der Waals surface area contributed by atoms with E-state index in [1.165, 1.54) is 11.1 Å². The van der Waals surface area contributed by atoms with Crippen LogP contribution in [0.5, 0.6) is 0 Å². The molecule has 0 aliphatic carbocycles. The molecule has 1 heterocycles. The van der Waals surface area contributed by atoms with E-state index in [4.69, 9.17) is 0 Å². The van der Waals surface area contributed by atoms with Crippen LogP contribution >= 0.6 is 0 Å². The SMILES string of the molecule is CCCNC(=O)CCNCc1cnccc1C. The molecule has 1 rings (SSSR count). The van der Waals surface area contributed by atoms with Gasteiger partial charge in [-0.05, 0) is 30.5 Å². The van der Waals surface area contributed by atoms with Crippen LogP contribution in [0.25, 0.3) is 0 Å². The van der Waals surface area contributed by atoms with Gasteiger partial charge in [-0.3, -0.25) is 9.78 Å². The summed E-state index contributed by atoms with van der Waals surface area (Å²) in [7, 11) is 0. The molecule has 17 heavy (non-hydrogen) atoms. The van der Waals surface area contributed by atoms with Gasteiger partial charge in [-0.25, -0.2) is 0 Å². The second-order valence-corrected chi connectivity index (χ2v) is 4.08. The topological polar surface area (TPSA) is 54.0 Å². The Morgan fingerprint density at radius 2 is 2.24 bits per heavy atom. The summed E-state index contributed by atoms with van der Waals surface area (Å²) in [6.07, 6.45) is 5.16. The molecule has 0 saturated carbocycles. The summed E-state index contributed by atoms with van der Waals surface area (Å²) < 4.78 is 0. The maximum absolute atomic E-state index is 11.3. The van der Waals surface area contributed by atoms with Crippen molar-refractivity contribution in [2.75, 3.05) is 13.1 Å². The average molecular weight is 235 g/mol. The summed E-state index contributed by atoms with van der Waals surface area (Å²) in [6, 6.07) is 1.99. The van der Waals surface area contributed by atoms with E-state index in [1.54, 1.807) is 6.20 Å². The number of hydrogen-bond acceptors (Lipinski definition) is 3. The highest BCUT2D eigenvalue weighted by molar-refractivity contribution is 5.75. The van der Waals surface area contributed by atoms with E-state index in [9.17, 15) is 4.79 Å². The molecule has 1 aromatic heterocycles. The number of nitrogens with zero attached hydrogens (tertiary/aromatic N) is 1. The van der Waals surface area contributed by atoms with Crippen LogP contribution in [-0.2, 0) is 11.3 Å². The molecule has 0 aliphatic rings. The predicted octanol–water partition coefficient (Wildman–Crippen LogP) is 1.40. The maximum Gasteiger partial charge on any atom is 0.221 e. The smallest absolute Gasteiger partial charge is 0.221 e. The number of nitrogens with one attached hydrogen (secondary N) is 2. The van der Waals surface area contributed by atoms with Crippen LogP contribution in [0.1, 0.15) is 30.9 Å². The lowest BCUT2D eigenvalue weighted by atomic mass is 10.1. The largest absolute Gasteiger partial charge is 0.356 e. The van der Waals surface area contributed by atoms with Gasteiger partial charge in [-0.1, -0.05) is 6.92 Å². The number of hydrogen-bond donors (Lipinski definition) is 2. The number of aryl methyl sites for hydroxylation is 1. The lowest BCUT2D eigenvalue weighted by Gasteiger charge is -2.07. The fraction of sp³-hybridized carbons (Fsp3) is 0.538. The molecule has 94 valence electrons. The van der Waals surface area contributed by atoms with Gasteiger partial charge in [0.05, 0.1) is 0 Å². The first-order valence-electron chi connectivity index (χ1n) is 6.11. The van der Waals surface area contributed by atoms with Gasteiger partial charge in [0.15, 0.2) is 0 Å². The first-order chi connectivity index (χ1) is 8.24. The van der Waals surface area contributed by atoms with E-state index in [2.05, 4.69) is 22.5 Å². The monoisotopic (exact) mass is 235 g/mol. The van der Waals surface area contributed by atoms with Crippen molar-refractivity contribution in [1.82, 2.24) is 15.6 Å². The van der Waals surface area contributed by atoms with Crippen LogP contribution in [0, 0.1) is 6.92 Å². The molecule has 0 saturated heterocycles. The Bertz CT molecular complexity index is 352. The third-order valence-corrected chi connectivity index (χ3v) is 2.56. The zero-order chi connectivity index (χ0) is 12.5. The van der Waals surface area contributed by atoms with E-state index < -0.39 is 0 Å². The third-order valence-electron chi connectivity index (χ3n) is 2.56. The van der Waals surface area contributed by atoms with Crippen LogP contribution in [0.3, 0.4) is 0 Å². The van der Waals surface area contributed by atoms with Gasteiger partial charge in [-0.15, -0.1) is 0 Å². The van der Waals surface area contributed by atoms with Crippen molar-refractivity contribution >= 4 is 5.91 Å². The minimum absolute atomic E-state index is 0.113. The fourth-order valence-corrected chi connectivity index (χ4v) is 1.46. The third kappa shape index (κ3) is 5.45. The number of carbonyl (C=O) groups is 1. The van der Waals surface area contributed by atoms with E-state index >= 15 is 0 Å². The zero-order valence-corrected chi connectivity index (χ0v) is 10.6. The summed E-state index contributed by atoms with van der Waals surface area (Å²) in [5, 5.41) is 6.10. The molecule has 0 aliphatic heterocycles. The number of amides is 1. The first kappa shape index (κ1) is 13.6. The van der Waals surface area contributed by atoms with Crippen molar-refractivity contribution in [2.45, 2.75) is 33.2 Å². The van der Waals surface area contributed by atoms with Crippen LogP contribution in [-0.4, -0.2) is 24.0 Å². The molecule has 2 N–H and O–H groups in total. The van der Waals surface area contributed by atoms with E-state index in [0.29, 0.717) is 13.0 Å². The summed E-state index contributed by atoms with van der Waals surface area (Å²) in [5.74, 6) is 0.113. The second kappa shape index (κ2) is 7.79. The van der Waals surface area contributed by atoms with Crippen molar-refractivity contribution in [3.8, 4) is 0 Å². The lowest BCUT2D eigenvalue weighted by molar-refractivity contribution is -0.120. The number of carbonyl (C=O) groups excluding carboxylic acids is 1. The van der Waals surface area contributed by atoms with Gasteiger partial charge in [0.25, 0.3) is 0 Å². The Hall–Kier alpha value is -1.42. The normalized spacial score (nSPS) is 10.2. The molecule has 0 fully saturated rings. The van der Waals surface area contributed by atoms with Crippen molar-refractivity contribution in [1.29, 1.82) is 0 Å². The summed E-state index contributed by atoms with van der Waals surface area (Å²) in [5.41, 5.74) is 2.41. The highest BCUT2D eigenvalue weighted by atomic mass is 16.1. The van der Waals surface area contributed by atoms with Gasteiger partial charge in [0.1, 0.15) is 0 Å². The van der Waals surface area contributed by atoms with Crippen LogP contribution < -0.4 is 10.6 Å². The molecule has 0 aromatic carbocycles. The Morgan fingerprint density at radius 3 is 2.94 bits per heavy atom. The molecule has 0 unspecified atom stereocenters. The van der Waals surface area contributed by atoms with Crippen LogP contribution in [0.2, 0.25) is 0 Å². The van der Waals surface area contributed by atoms with Crippen molar-refractivity contribution in [3.63, 3.8) is 0 Å². The molecule has 1 amide bonds. The molecule has 0 bridgehead atoms. The Balaban J connectivity index is 2.16. The van der Waals surface area contributed by atoms with Gasteiger partial charge >= 0.3 is 0 Å². The highest BCUT2D eigenvalue weighted by Gasteiger charge is 2.00. The quantitative estimate of drug-likeness (QED) is 0.702. The lowest BCUT2D eigenvalue weighted by Crippen LogP contribution is -2.28. The van der Waals surface area contributed by atoms with Crippen LogP contribution in [0.15, 0.2) is 18.5 Å². The Morgan fingerprint density at radius 1 is 1.41 bits per heavy atom. The Kier molecular flexibility index (Phi) is 6.25. The van der Waals surface area contributed by atoms with Crippen molar-refractivity contribution in [3.05, 3.63) is 29.6 Å². The number of rotatable bonds is 7. The molecule has 4 heteroatoms. The molecule has 0 spiro atoms. The molecular weight excluding hydrogens is 214 g/mol. The minimum Gasteiger partial charge on any atom is -0.356 e. The molecular formula is C13H21N3O. The van der Waals surface area contributed by atoms with E-state index in [1.807, 2.05) is 19.2 Å². The molecule has 0 radical (unpaired) electrons. The van der Waals surface area contributed by atoms with Gasteiger partial charge < -0.3 is 10.6 Å². The van der Waals surface area contributed by atoms with Crippen molar-refractivity contribution in [2.24, 2.45) is 0 Å². The van der Waals surface area contributed by atoms with Gasteiger partial charge in [0.2, 0.25) is 5.91 Å². The number of aromatic nitrogens is 1. The minimum atomic E-state index is 0.113. The standard InChI is InChI=1S/C13H21N3O/c1-3-6-16-13(17)5-8-15-10-12-9-14-7-4-11(12)2/h4,7,9,15H,3,5-6,8,10H2,1-2H3,(H,16,17). The van der Waals surface area contributed by atoms with Gasteiger partial charge in [0, 0.05) is 38.4 Å². The summed E-state index contributed by atoms with van der Waals surface area (Å²) in [6.45, 7) is 6.33. The second-order valence-electron chi connectivity index (χ2n) is 4.08. The van der Waals surface area contributed by atoms with Crippen LogP contribution in [0.4, 0.5) is 0 Å². The van der Waals surface area contributed by atoms with E-state index in [0.717, 1.165) is 19.5 Å². The average Bonchev–Trinajstić information content (AvgIpc) is 2.34. The Labute approximate surface area is 103 Å². The fourth-order valence-electron chi connectivity index (χ4n) is 1.46. The zero-order valence-electron chi connectivity index (χ0n) is 10.6. The van der Waals surface area contributed by atoms with E-state index in [-0.39, 0.29) is 5.91 Å². The molecule has 0 atom stereocenters. The maximum atomic E-state index is 11.3. The summed E-state index contributed by atoms with van der Waals surface area (Å²) in [4.78, 5) is 15.4. The first-order valence-corrected chi connectivity index (χ1v) is 6.11. The molecule has 1 aromatic rings. The predicted molar refractivity (Wildman–Crippen MR) is 68.6 cm³/mol. The highest BCUT2D eigenvalue weighted by Crippen LogP contribution is 2.03.